The minimum atomic E-state index is -0.571. The Morgan fingerprint density at radius 2 is 2.03 bits per heavy atom. The number of nitrogens with one attached hydrogen (secondary N) is 1. The van der Waals surface area contributed by atoms with Gasteiger partial charge < -0.3 is 15.0 Å². The quantitative estimate of drug-likeness (QED) is 0.302. The second-order valence-corrected chi connectivity index (χ2v) is 8.31. The number of thioether (sulfide) groups is 1. The molecule has 0 radical (unpaired) electrons. The second-order valence-electron chi connectivity index (χ2n) is 6.96. The molecule has 172 valence electrons. The van der Waals surface area contributed by atoms with Crippen molar-refractivity contribution in [2.45, 2.75) is 5.16 Å². The first-order valence-corrected chi connectivity index (χ1v) is 11.2. The number of carbonyl (C=O) groups is 1. The Morgan fingerprint density at radius 3 is 2.73 bits per heavy atom. The molecule has 33 heavy (non-hydrogen) atoms. The predicted molar refractivity (Wildman–Crippen MR) is 122 cm³/mol. The van der Waals surface area contributed by atoms with Gasteiger partial charge in [-0.15, -0.1) is 10.2 Å². The Balaban J connectivity index is 1.52. The molecule has 0 bridgehead atoms. The van der Waals surface area contributed by atoms with Gasteiger partial charge in [-0.2, -0.15) is 0 Å². The molecule has 2 aromatic carbocycles. The van der Waals surface area contributed by atoms with Crippen molar-refractivity contribution in [3.63, 3.8) is 0 Å². The Bertz CT molecular complexity index is 1190. The summed E-state index contributed by atoms with van der Waals surface area (Å²) in [6, 6.07) is 9.82. The highest BCUT2D eigenvalue weighted by Crippen LogP contribution is 2.29. The number of hydrogen-bond acceptors (Lipinski definition) is 8. The summed E-state index contributed by atoms with van der Waals surface area (Å²) in [6.07, 6.45) is 0. The number of morpholine rings is 1. The molecule has 0 atom stereocenters. The Hall–Kier alpha value is -3.22. The normalized spacial score (nSPS) is 13.7. The summed E-state index contributed by atoms with van der Waals surface area (Å²) in [7, 11) is 0. The van der Waals surface area contributed by atoms with Crippen LogP contribution in [0.15, 0.2) is 47.6 Å². The Labute approximate surface area is 196 Å². The summed E-state index contributed by atoms with van der Waals surface area (Å²) in [5.41, 5.74) is 0.613. The molecule has 1 N–H and O–H groups in total. The molecular formula is C20H18ClFN6O4S. The van der Waals surface area contributed by atoms with Gasteiger partial charge in [-0.05, 0) is 24.3 Å². The van der Waals surface area contributed by atoms with E-state index in [0.717, 1.165) is 11.8 Å². The van der Waals surface area contributed by atoms with E-state index >= 15 is 0 Å². The molecule has 1 aliphatic heterocycles. The van der Waals surface area contributed by atoms with Gasteiger partial charge in [-0.1, -0.05) is 29.4 Å². The SMILES string of the molecule is O=C(CSc1nnc(N2CCOCC2)n1-c1cccc(F)c1)Nc1ccc([N+](=O)[O-])cc1Cl. The lowest BCUT2D eigenvalue weighted by atomic mass is 10.3. The van der Waals surface area contributed by atoms with Crippen LogP contribution >= 0.6 is 23.4 Å². The number of benzene rings is 2. The first-order valence-electron chi connectivity index (χ1n) is 9.83. The Kier molecular flexibility index (Phi) is 7.06. The van der Waals surface area contributed by atoms with E-state index in [1.165, 1.54) is 30.3 Å². The van der Waals surface area contributed by atoms with Crippen LogP contribution in [-0.4, -0.2) is 57.7 Å². The largest absolute Gasteiger partial charge is 0.378 e. The average molecular weight is 493 g/mol. The van der Waals surface area contributed by atoms with Gasteiger partial charge in [-0.25, -0.2) is 4.39 Å². The van der Waals surface area contributed by atoms with E-state index < -0.39 is 16.6 Å². The molecule has 3 aromatic rings. The maximum Gasteiger partial charge on any atom is 0.271 e. The fraction of sp³-hybridized carbons (Fsp3) is 0.250. The van der Waals surface area contributed by atoms with Crippen molar-refractivity contribution in [2.75, 3.05) is 42.3 Å². The minimum Gasteiger partial charge on any atom is -0.378 e. The van der Waals surface area contributed by atoms with Crippen molar-refractivity contribution < 1.29 is 18.8 Å². The van der Waals surface area contributed by atoms with Crippen molar-refractivity contribution >= 4 is 46.6 Å². The second kappa shape index (κ2) is 10.1. The number of anilines is 2. The van der Waals surface area contributed by atoms with E-state index in [1.807, 2.05) is 4.90 Å². The van der Waals surface area contributed by atoms with Crippen LogP contribution in [0.1, 0.15) is 0 Å². The van der Waals surface area contributed by atoms with Crippen LogP contribution in [0.4, 0.5) is 21.7 Å². The Morgan fingerprint density at radius 1 is 1.24 bits per heavy atom. The third-order valence-corrected chi connectivity index (χ3v) is 5.99. The third kappa shape index (κ3) is 5.41. The monoisotopic (exact) mass is 492 g/mol. The lowest BCUT2D eigenvalue weighted by molar-refractivity contribution is -0.384. The van der Waals surface area contributed by atoms with Crippen LogP contribution in [0.2, 0.25) is 5.02 Å². The molecule has 2 heterocycles. The van der Waals surface area contributed by atoms with Crippen molar-refractivity contribution in [3.8, 4) is 5.69 Å². The molecule has 0 aliphatic carbocycles. The van der Waals surface area contributed by atoms with Crippen LogP contribution in [-0.2, 0) is 9.53 Å². The highest BCUT2D eigenvalue weighted by molar-refractivity contribution is 7.99. The molecule has 1 amide bonds. The van der Waals surface area contributed by atoms with Crippen LogP contribution in [0.5, 0.6) is 0 Å². The van der Waals surface area contributed by atoms with Crippen molar-refractivity contribution in [1.82, 2.24) is 14.8 Å². The molecule has 0 unspecified atom stereocenters. The summed E-state index contributed by atoms with van der Waals surface area (Å²) < 4.78 is 21.0. The van der Waals surface area contributed by atoms with E-state index in [0.29, 0.717) is 43.1 Å². The minimum absolute atomic E-state index is 0.0378. The van der Waals surface area contributed by atoms with Gasteiger partial charge in [0.15, 0.2) is 5.16 Å². The summed E-state index contributed by atoms with van der Waals surface area (Å²) >= 11 is 7.16. The van der Waals surface area contributed by atoms with E-state index in [1.54, 1.807) is 16.7 Å². The highest BCUT2D eigenvalue weighted by atomic mass is 35.5. The molecule has 1 fully saturated rings. The van der Waals surface area contributed by atoms with E-state index in [-0.39, 0.29) is 22.2 Å². The van der Waals surface area contributed by atoms with Gasteiger partial charge in [0.1, 0.15) is 5.82 Å². The molecule has 4 rings (SSSR count). The molecule has 1 aromatic heterocycles. The summed E-state index contributed by atoms with van der Waals surface area (Å²) in [6.45, 7) is 2.29. The van der Waals surface area contributed by atoms with Gasteiger partial charge in [0.25, 0.3) is 5.69 Å². The summed E-state index contributed by atoms with van der Waals surface area (Å²) in [5, 5.41) is 22.4. The van der Waals surface area contributed by atoms with Gasteiger partial charge >= 0.3 is 0 Å². The van der Waals surface area contributed by atoms with Crippen molar-refractivity contribution in [1.29, 1.82) is 0 Å². The fourth-order valence-corrected chi connectivity index (χ4v) is 4.17. The summed E-state index contributed by atoms with van der Waals surface area (Å²) in [4.78, 5) is 24.8. The van der Waals surface area contributed by atoms with Crippen molar-refractivity contribution in [2.24, 2.45) is 0 Å². The molecular weight excluding hydrogens is 475 g/mol. The van der Waals surface area contributed by atoms with Crippen LogP contribution in [0, 0.1) is 15.9 Å². The van der Waals surface area contributed by atoms with Crippen LogP contribution in [0.3, 0.4) is 0 Å². The fourth-order valence-electron chi connectivity index (χ4n) is 3.20. The average Bonchev–Trinajstić information content (AvgIpc) is 3.23. The number of nitro benzene ring substituents is 1. The number of nitrogens with zero attached hydrogens (tertiary/aromatic N) is 5. The van der Waals surface area contributed by atoms with Gasteiger partial charge in [0, 0.05) is 25.2 Å². The van der Waals surface area contributed by atoms with Crippen LogP contribution in [0.25, 0.3) is 5.69 Å². The van der Waals surface area contributed by atoms with Gasteiger partial charge in [0.05, 0.1) is 40.3 Å². The molecule has 0 saturated carbocycles. The standard InChI is InChI=1S/C20H18ClFN6O4S/c21-16-11-15(28(30)31)4-5-17(16)23-18(29)12-33-20-25-24-19(26-6-8-32-9-7-26)27(20)14-3-1-2-13(22)10-14/h1-5,10-11H,6-9,12H2,(H,23,29). The number of aromatic nitrogens is 3. The molecule has 1 aliphatic rings. The number of ether oxygens (including phenoxy) is 1. The lowest BCUT2D eigenvalue weighted by Gasteiger charge is -2.27. The number of rotatable bonds is 7. The number of non-ortho nitro benzene ring substituents is 1. The van der Waals surface area contributed by atoms with E-state index in [9.17, 15) is 19.3 Å². The highest BCUT2D eigenvalue weighted by Gasteiger charge is 2.23. The number of halogens is 2. The van der Waals surface area contributed by atoms with Crippen molar-refractivity contribution in [3.05, 3.63) is 63.4 Å². The first-order chi connectivity index (χ1) is 15.9. The van der Waals surface area contributed by atoms with Gasteiger partial charge in [0.2, 0.25) is 11.9 Å². The number of amides is 1. The van der Waals surface area contributed by atoms with E-state index in [4.69, 9.17) is 16.3 Å². The third-order valence-electron chi connectivity index (χ3n) is 4.75. The van der Waals surface area contributed by atoms with E-state index in [2.05, 4.69) is 15.5 Å². The topological polar surface area (TPSA) is 115 Å². The zero-order chi connectivity index (χ0) is 23.4. The lowest BCUT2D eigenvalue weighted by Crippen LogP contribution is -2.37. The molecule has 10 nitrogen and oxygen atoms in total. The molecule has 13 heteroatoms. The smallest absolute Gasteiger partial charge is 0.271 e. The van der Waals surface area contributed by atoms with Crippen LogP contribution < -0.4 is 10.2 Å². The molecule has 0 spiro atoms. The maximum atomic E-state index is 13.9. The first kappa shape index (κ1) is 23.0. The predicted octanol–water partition coefficient (Wildman–Crippen LogP) is 3.54. The number of nitro groups is 1. The number of hydrogen-bond donors (Lipinski definition) is 1. The molecule has 1 saturated heterocycles. The maximum absolute atomic E-state index is 13.9. The zero-order valence-electron chi connectivity index (χ0n) is 17.1. The van der Waals surface area contributed by atoms with Gasteiger partial charge in [-0.3, -0.25) is 19.5 Å². The summed E-state index contributed by atoms with van der Waals surface area (Å²) in [5.74, 6) is -0.303. The number of carbonyl (C=O) groups excluding carboxylic acids is 1. The zero-order valence-corrected chi connectivity index (χ0v) is 18.7.